The average Bonchev–Trinajstić information content (AvgIpc) is 2.40. The Kier molecular flexibility index (Phi) is 4.06. The van der Waals surface area contributed by atoms with Gasteiger partial charge in [-0.3, -0.25) is 0 Å². The van der Waals surface area contributed by atoms with Crippen molar-refractivity contribution in [2.45, 2.75) is 0 Å². The molecular weight excluding hydrogens is 308 g/mol. The van der Waals surface area contributed by atoms with E-state index < -0.39 is 5.97 Å². The van der Waals surface area contributed by atoms with E-state index in [0.717, 1.165) is 15.8 Å². The lowest BCUT2D eigenvalue weighted by molar-refractivity contribution is 0.0602. The second kappa shape index (κ2) is 5.75. The third-order valence-electron chi connectivity index (χ3n) is 2.57. The SMILES string of the molecule is COC(=O)c1cc(Nc2cccc(Br)c2)ccc1N. The number of hydrogen-bond donors (Lipinski definition) is 2. The molecule has 19 heavy (non-hydrogen) atoms. The topological polar surface area (TPSA) is 64.3 Å². The summed E-state index contributed by atoms with van der Waals surface area (Å²) in [6.07, 6.45) is 0. The van der Waals surface area contributed by atoms with Crippen LogP contribution in [0.1, 0.15) is 10.4 Å². The minimum absolute atomic E-state index is 0.350. The molecule has 2 rings (SSSR count). The summed E-state index contributed by atoms with van der Waals surface area (Å²) in [7, 11) is 1.33. The first-order valence-electron chi connectivity index (χ1n) is 5.60. The molecule has 0 saturated heterocycles. The Morgan fingerprint density at radius 3 is 2.63 bits per heavy atom. The molecule has 0 unspecified atom stereocenters. The fourth-order valence-electron chi connectivity index (χ4n) is 1.65. The van der Waals surface area contributed by atoms with Crippen molar-refractivity contribution < 1.29 is 9.53 Å². The quantitative estimate of drug-likeness (QED) is 0.670. The standard InChI is InChI=1S/C14H13BrN2O2/c1-19-14(18)12-8-11(5-6-13(12)16)17-10-4-2-3-9(15)7-10/h2-8,17H,16H2,1H3. The lowest BCUT2D eigenvalue weighted by atomic mass is 10.1. The molecule has 0 aliphatic carbocycles. The van der Waals surface area contributed by atoms with E-state index in [-0.39, 0.29) is 0 Å². The first-order chi connectivity index (χ1) is 9.10. The van der Waals surface area contributed by atoms with Crippen LogP contribution in [0.3, 0.4) is 0 Å². The normalized spacial score (nSPS) is 10.0. The van der Waals surface area contributed by atoms with E-state index in [4.69, 9.17) is 5.73 Å². The average molecular weight is 321 g/mol. The molecule has 2 aromatic rings. The Balaban J connectivity index is 2.29. The van der Waals surface area contributed by atoms with Crippen molar-refractivity contribution in [3.8, 4) is 0 Å². The molecule has 0 heterocycles. The Bertz CT molecular complexity index is 614. The summed E-state index contributed by atoms with van der Waals surface area (Å²) in [4.78, 5) is 11.6. The van der Waals surface area contributed by atoms with Gasteiger partial charge in [0.05, 0.1) is 12.7 Å². The van der Waals surface area contributed by atoms with Crippen molar-refractivity contribution in [1.29, 1.82) is 0 Å². The minimum Gasteiger partial charge on any atom is -0.465 e. The molecule has 0 saturated carbocycles. The van der Waals surface area contributed by atoms with Crippen LogP contribution in [-0.4, -0.2) is 13.1 Å². The summed E-state index contributed by atoms with van der Waals surface area (Å²) >= 11 is 3.40. The fourth-order valence-corrected chi connectivity index (χ4v) is 2.05. The Morgan fingerprint density at radius 2 is 1.95 bits per heavy atom. The minimum atomic E-state index is -0.449. The number of nitrogen functional groups attached to an aromatic ring is 1. The molecule has 2 aromatic carbocycles. The summed E-state index contributed by atoms with van der Waals surface area (Å²) in [6.45, 7) is 0. The van der Waals surface area contributed by atoms with Crippen molar-refractivity contribution in [3.05, 3.63) is 52.5 Å². The Hall–Kier alpha value is -2.01. The number of benzene rings is 2. The number of carbonyl (C=O) groups is 1. The van der Waals surface area contributed by atoms with Gasteiger partial charge in [-0.15, -0.1) is 0 Å². The van der Waals surface area contributed by atoms with Gasteiger partial charge in [0.25, 0.3) is 0 Å². The molecule has 0 atom stereocenters. The van der Waals surface area contributed by atoms with E-state index >= 15 is 0 Å². The summed E-state index contributed by atoms with van der Waals surface area (Å²) < 4.78 is 5.66. The van der Waals surface area contributed by atoms with Crippen LogP contribution in [0.5, 0.6) is 0 Å². The van der Waals surface area contributed by atoms with Crippen LogP contribution in [-0.2, 0) is 4.74 Å². The van der Waals surface area contributed by atoms with E-state index in [9.17, 15) is 4.79 Å². The molecule has 0 bridgehead atoms. The van der Waals surface area contributed by atoms with Gasteiger partial charge in [0.15, 0.2) is 0 Å². The monoisotopic (exact) mass is 320 g/mol. The number of ether oxygens (including phenoxy) is 1. The second-order valence-corrected chi connectivity index (χ2v) is 4.84. The van der Waals surface area contributed by atoms with Gasteiger partial charge < -0.3 is 15.8 Å². The smallest absolute Gasteiger partial charge is 0.340 e. The zero-order valence-corrected chi connectivity index (χ0v) is 11.9. The van der Waals surface area contributed by atoms with Crippen molar-refractivity contribution in [1.82, 2.24) is 0 Å². The Morgan fingerprint density at radius 1 is 1.21 bits per heavy atom. The maximum absolute atomic E-state index is 11.6. The van der Waals surface area contributed by atoms with Gasteiger partial charge in [-0.2, -0.15) is 0 Å². The molecule has 4 nitrogen and oxygen atoms in total. The van der Waals surface area contributed by atoms with Crippen molar-refractivity contribution in [3.63, 3.8) is 0 Å². The summed E-state index contributed by atoms with van der Waals surface area (Å²) in [5, 5.41) is 3.20. The predicted octanol–water partition coefficient (Wildman–Crippen LogP) is 3.56. The molecular formula is C14H13BrN2O2. The highest BCUT2D eigenvalue weighted by Crippen LogP contribution is 2.24. The second-order valence-electron chi connectivity index (χ2n) is 3.93. The number of carbonyl (C=O) groups excluding carboxylic acids is 1. The number of halogens is 1. The lowest BCUT2D eigenvalue weighted by Gasteiger charge is -2.10. The van der Waals surface area contributed by atoms with Crippen LogP contribution >= 0.6 is 15.9 Å². The summed E-state index contributed by atoms with van der Waals surface area (Å²) in [5.41, 5.74) is 8.17. The fraction of sp³-hybridized carbons (Fsp3) is 0.0714. The Labute approximate surface area is 119 Å². The molecule has 5 heteroatoms. The maximum Gasteiger partial charge on any atom is 0.340 e. The van der Waals surface area contributed by atoms with E-state index in [1.165, 1.54) is 7.11 Å². The number of rotatable bonds is 3. The van der Waals surface area contributed by atoms with Crippen molar-refractivity contribution in [2.24, 2.45) is 0 Å². The number of anilines is 3. The first-order valence-corrected chi connectivity index (χ1v) is 6.40. The summed E-state index contributed by atoms with van der Waals surface area (Å²) in [5.74, 6) is -0.449. The van der Waals surface area contributed by atoms with Gasteiger partial charge in [-0.1, -0.05) is 22.0 Å². The first kappa shape index (κ1) is 13.4. The van der Waals surface area contributed by atoms with E-state index in [1.54, 1.807) is 12.1 Å². The highest BCUT2D eigenvalue weighted by molar-refractivity contribution is 9.10. The predicted molar refractivity (Wildman–Crippen MR) is 79.6 cm³/mol. The van der Waals surface area contributed by atoms with Gasteiger partial charge in [0.1, 0.15) is 0 Å². The molecule has 0 amide bonds. The van der Waals surface area contributed by atoms with Crippen LogP contribution < -0.4 is 11.1 Å². The van der Waals surface area contributed by atoms with Gasteiger partial charge in [0.2, 0.25) is 0 Å². The molecule has 0 spiro atoms. The number of nitrogens with one attached hydrogen (secondary N) is 1. The van der Waals surface area contributed by atoms with Crippen LogP contribution in [0, 0.1) is 0 Å². The van der Waals surface area contributed by atoms with Gasteiger partial charge in [0, 0.05) is 21.5 Å². The molecule has 98 valence electrons. The third kappa shape index (κ3) is 3.26. The molecule has 3 N–H and O–H groups in total. The van der Waals surface area contributed by atoms with Gasteiger partial charge >= 0.3 is 5.97 Å². The van der Waals surface area contributed by atoms with Crippen LogP contribution in [0.2, 0.25) is 0 Å². The van der Waals surface area contributed by atoms with E-state index in [1.807, 2.05) is 30.3 Å². The lowest BCUT2D eigenvalue weighted by Crippen LogP contribution is -2.06. The number of nitrogens with two attached hydrogens (primary N) is 1. The number of esters is 1. The molecule has 0 aromatic heterocycles. The molecule has 0 aliphatic rings. The van der Waals surface area contributed by atoms with Crippen LogP contribution in [0.25, 0.3) is 0 Å². The maximum atomic E-state index is 11.6. The van der Waals surface area contributed by atoms with Crippen molar-refractivity contribution >= 4 is 39.0 Å². The molecule has 0 radical (unpaired) electrons. The zero-order valence-electron chi connectivity index (χ0n) is 10.3. The number of methoxy groups -OCH3 is 1. The zero-order chi connectivity index (χ0) is 13.8. The summed E-state index contributed by atoms with van der Waals surface area (Å²) in [6, 6.07) is 12.9. The van der Waals surface area contributed by atoms with Gasteiger partial charge in [-0.25, -0.2) is 4.79 Å². The number of hydrogen-bond acceptors (Lipinski definition) is 4. The van der Waals surface area contributed by atoms with Crippen LogP contribution in [0.4, 0.5) is 17.1 Å². The van der Waals surface area contributed by atoms with E-state index in [0.29, 0.717) is 11.3 Å². The van der Waals surface area contributed by atoms with Gasteiger partial charge in [-0.05, 0) is 36.4 Å². The largest absolute Gasteiger partial charge is 0.465 e. The highest BCUT2D eigenvalue weighted by Gasteiger charge is 2.10. The van der Waals surface area contributed by atoms with Crippen molar-refractivity contribution in [2.75, 3.05) is 18.2 Å². The third-order valence-corrected chi connectivity index (χ3v) is 3.07. The molecule has 0 aliphatic heterocycles. The highest BCUT2D eigenvalue weighted by atomic mass is 79.9. The van der Waals surface area contributed by atoms with E-state index in [2.05, 4.69) is 26.0 Å². The molecule has 0 fully saturated rings. The van der Waals surface area contributed by atoms with Crippen LogP contribution in [0.15, 0.2) is 46.9 Å².